The first-order valence-electron chi connectivity index (χ1n) is 8.38. The first-order chi connectivity index (χ1) is 12.6. The second-order valence-electron chi connectivity index (χ2n) is 6.13. The van der Waals surface area contributed by atoms with Crippen molar-refractivity contribution in [3.8, 4) is 0 Å². The molecule has 1 amide bonds. The van der Waals surface area contributed by atoms with E-state index in [9.17, 15) is 4.79 Å². The Morgan fingerprint density at radius 3 is 2.54 bits per heavy atom. The lowest BCUT2D eigenvalue weighted by molar-refractivity contribution is -0.115. The number of nitrogens with one attached hydrogen (secondary N) is 2. The highest BCUT2D eigenvalue weighted by atomic mass is 35.5. The van der Waals surface area contributed by atoms with E-state index >= 15 is 0 Å². The zero-order valence-corrected chi connectivity index (χ0v) is 15.3. The Morgan fingerprint density at radius 2 is 1.85 bits per heavy atom. The van der Waals surface area contributed by atoms with Crippen LogP contribution in [-0.2, 0) is 17.8 Å². The number of aryl methyl sites for hydroxylation is 1. The molecule has 3 rings (SSSR count). The summed E-state index contributed by atoms with van der Waals surface area (Å²) in [6.07, 6.45) is 2.00. The van der Waals surface area contributed by atoms with E-state index in [2.05, 4.69) is 40.7 Å². The van der Waals surface area contributed by atoms with Gasteiger partial charge in [0, 0.05) is 11.6 Å². The van der Waals surface area contributed by atoms with Crippen molar-refractivity contribution in [1.29, 1.82) is 0 Å². The van der Waals surface area contributed by atoms with Gasteiger partial charge in [-0.15, -0.1) is 0 Å². The molecule has 0 saturated carbocycles. The maximum atomic E-state index is 12.1. The number of hydrogen-bond acceptors (Lipinski definition) is 3. The molecule has 1 heterocycles. The summed E-state index contributed by atoms with van der Waals surface area (Å²) >= 11 is 5.85. The molecule has 0 aliphatic carbocycles. The Labute approximate surface area is 158 Å². The third-order valence-corrected chi connectivity index (χ3v) is 4.14. The van der Waals surface area contributed by atoms with E-state index in [1.807, 2.05) is 24.3 Å². The summed E-state index contributed by atoms with van der Waals surface area (Å²) in [6.45, 7) is 2.80. The van der Waals surface area contributed by atoms with E-state index in [-0.39, 0.29) is 12.3 Å². The summed E-state index contributed by atoms with van der Waals surface area (Å²) in [5.41, 5.74) is 4.26. The van der Waals surface area contributed by atoms with Crippen LogP contribution >= 0.6 is 11.6 Å². The van der Waals surface area contributed by atoms with Crippen LogP contribution in [0.25, 0.3) is 0 Å². The van der Waals surface area contributed by atoms with Crippen LogP contribution in [0.2, 0.25) is 5.02 Å². The largest absolute Gasteiger partial charge is 0.380 e. The zero-order valence-electron chi connectivity index (χ0n) is 14.5. The van der Waals surface area contributed by atoms with Gasteiger partial charge in [0.2, 0.25) is 5.91 Å². The van der Waals surface area contributed by atoms with Gasteiger partial charge < -0.3 is 10.6 Å². The second kappa shape index (κ2) is 8.50. The third kappa shape index (κ3) is 5.33. The molecule has 26 heavy (non-hydrogen) atoms. The highest BCUT2D eigenvalue weighted by Gasteiger charge is 2.05. The highest BCUT2D eigenvalue weighted by Crippen LogP contribution is 2.13. The summed E-state index contributed by atoms with van der Waals surface area (Å²) in [7, 11) is 0. The minimum Gasteiger partial charge on any atom is -0.380 e. The van der Waals surface area contributed by atoms with Crippen molar-refractivity contribution in [3.05, 3.63) is 88.6 Å². The fourth-order valence-electron chi connectivity index (χ4n) is 2.57. The maximum absolute atomic E-state index is 12.1. The third-order valence-electron chi connectivity index (χ3n) is 3.89. The van der Waals surface area contributed by atoms with Gasteiger partial charge in [-0.3, -0.25) is 4.79 Å². The van der Waals surface area contributed by atoms with Gasteiger partial charge in [0.1, 0.15) is 5.82 Å². The van der Waals surface area contributed by atoms with Crippen LogP contribution in [0.5, 0.6) is 0 Å². The standard InChI is InChI=1S/C21H20ClN3O/c1-15-3-2-4-17(11-15)13-23-19-9-10-20(24-14-19)25-21(26)12-16-5-7-18(22)8-6-16/h2-11,14,23H,12-13H2,1H3,(H,24,25,26). The molecule has 0 atom stereocenters. The molecular formula is C21H20ClN3O. The van der Waals surface area contributed by atoms with Gasteiger partial charge in [-0.05, 0) is 42.3 Å². The van der Waals surface area contributed by atoms with Crippen molar-refractivity contribution in [2.24, 2.45) is 0 Å². The Balaban J connectivity index is 1.52. The number of amides is 1. The van der Waals surface area contributed by atoms with E-state index in [1.165, 1.54) is 11.1 Å². The topological polar surface area (TPSA) is 54.0 Å². The van der Waals surface area contributed by atoms with Crippen molar-refractivity contribution >= 4 is 29.0 Å². The lowest BCUT2D eigenvalue weighted by atomic mass is 10.1. The lowest BCUT2D eigenvalue weighted by Crippen LogP contribution is -2.15. The van der Waals surface area contributed by atoms with E-state index in [4.69, 9.17) is 11.6 Å². The fourth-order valence-corrected chi connectivity index (χ4v) is 2.70. The number of hydrogen-bond donors (Lipinski definition) is 2. The monoisotopic (exact) mass is 365 g/mol. The average molecular weight is 366 g/mol. The zero-order chi connectivity index (χ0) is 18.4. The minimum absolute atomic E-state index is 0.111. The summed E-state index contributed by atoms with van der Waals surface area (Å²) in [5, 5.41) is 6.79. The normalized spacial score (nSPS) is 10.4. The molecule has 0 radical (unpaired) electrons. The number of carbonyl (C=O) groups excluding carboxylic acids is 1. The molecule has 0 saturated heterocycles. The van der Waals surface area contributed by atoms with Gasteiger partial charge >= 0.3 is 0 Å². The molecular weight excluding hydrogens is 346 g/mol. The van der Waals surface area contributed by atoms with Crippen LogP contribution in [-0.4, -0.2) is 10.9 Å². The van der Waals surface area contributed by atoms with Crippen LogP contribution in [0.1, 0.15) is 16.7 Å². The SMILES string of the molecule is Cc1cccc(CNc2ccc(NC(=O)Cc3ccc(Cl)cc3)nc2)c1. The lowest BCUT2D eigenvalue weighted by Gasteiger charge is -2.09. The molecule has 0 bridgehead atoms. The number of nitrogens with zero attached hydrogens (tertiary/aromatic N) is 1. The summed E-state index contributed by atoms with van der Waals surface area (Å²) in [5.74, 6) is 0.422. The van der Waals surface area contributed by atoms with Gasteiger partial charge in [-0.25, -0.2) is 4.98 Å². The molecule has 132 valence electrons. The predicted molar refractivity (Wildman–Crippen MR) is 107 cm³/mol. The van der Waals surface area contributed by atoms with Crippen LogP contribution in [0, 0.1) is 6.92 Å². The highest BCUT2D eigenvalue weighted by molar-refractivity contribution is 6.30. The molecule has 0 aliphatic heterocycles. The Hall–Kier alpha value is -2.85. The molecule has 0 aliphatic rings. The first kappa shape index (κ1) is 18.0. The van der Waals surface area contributed by atoms with E-state index in [1.54, 1.807) is 24.4 Å². The number of halogens is 1. The van der Waals surface area contributed by atoms with Crippen LogP contribution in [0.4, 0.5) is 11.5 Å². The molecule has 0 fully saturated rings. The van der Waals surface area contributed by atoms with Crippen molar-refractivity contribution in [3.63, 3.8) is 0 Å². The summed E-state index contributed by atoms with van der Waals surface area (Å²) < 4.78 is 0. The smallest absolute Gasteiger partial charge is 0.229 e. The Bertz CT molecular complexity index is 877. The van der Waals surface area contributed by atoms with Gasteiger partial charge in [0.15, 0.2) is 0 Å². The number of aromatic nitrogens is 1. The average Bonchev–Trinajstić information content (AvgIpc) is 2.63. The predicted octanol–water partition coefficient (Wildman–Crippen LogP) is 4.84. The molecule has 1 aromatic heterocycles. The molecule has 2 N–H and O–H groups in total. The minimum atomic E-state index is -0.111. The molecule has 4 nitrogen and oxygen atoms in total. The number of benzene rings is 2. The van der Waals surface area contributed by atoms with Gasteiger partial charge in [0.05, 0.1) is 18.3 Å². The summed E-state index contributed by atoms with van der Waals surface area (Å²) in [4.78, 5) is 16.4. The Kier molecular flexibility index (Phi) is 5.87. The van der Waals surface area contributed by atoms with Crippen molar-refractivity contribution in [1.82, 2.24) is 4.98 Å². The van der Waals surface area contributed by atoms with Crippen molar-refractivity contribution in [2.75, 3.05) is 10.6 Å². The van der Waals surface area contributed by atoms with Gasteiger partial charge in [-0.1, -0.05) is 53.6 Å². The van der Waals surface area contributed by atoms with Crippen molar-refractivity contribution in [2.45, 2.75) is 19.9 Å². The first-order valence-corrected chi connectivity index (χ1v) is 8.76. The molecule has 5 heteroatoms. The van der Waals surface area contributed by atoms with Crippen LogP contribution in [0.15, 0.2) is 66.9 Å². The summed E-state index contributed by atoms with van der Waals surface area (Å²) in [6, 6.07) is 19.3. The molecule has 2 aromatic carbocycles. The quantitative estimate of drug-likeness (QED) is 0.657. The maximum Gasteiger partial charge on any atom is 0.229 e. The molecule has 0 spiro atoms. The van der Waals surface area contributed by atoms with E-state index < -0.39 is 0 Å². The van der Waals surface area contributed by atoms with E-state index in [0.717, 1.165) is 17.8 Å². The van der Waals surface area contributed by atoms with Gasteiger partial charge in [-0.2, -0.15) is 0 Å². The second-order valence-corrected chi connectivity index (χ2v) is 6.56. The Morgan fingerprint density at radius 1 is 1.04 bits per heavy atom. The van der Waals surface area contributed by atoms with Crippen molar-refractivity contribution < 1.29 is 4.79 Å². The number of carbonyl (C=O) groups is 1. The number of pyridine rings is 1. The van der Waals surface area contributed by atoms with Crippen LogP contribution in [0.3, 0.4) is 0 Å². The number of anilines is 2. The number of rotatable bonds is 6. The van der Waals surface area contributed by atoms with Gasteiger partial charge in [0.25, 0.3) is 0 Å². The van der Waals surface area contributed by atoms with E-state index in [0.29, 0.717) is 10.8 Å². The molecule has 3 aromatic rings. The molecule has 0 unspecified atom stereocenters. The fraction of sp³-hybridized carbons (Fsp3) is 0.143. The van der Waals surface area contributed by atoms with Crippen LogP contribution < -0.4 is 10.6 Å².